The molecule has 4 heteroatoms. The second kappa shape index (κ2) is 9.45. The summed E-state index contributed by atoms with van der Waals surface area (Å²) in [7, 11) is 1.37. The Bertz CT molecular complexity index is 552. The van der Waals surface area contributed by atoms with Crippen LogP contribution >= 0.6 is 0 Å². The van der Waals surface area contributed by atoms with Gasteiger partial charge in [-0.1, -0.05) is 48.1 Å². The molecular formula is C18H22O4. The molecular weight excluding hydrogens is 280 g/mol. The molecule has 0 aromatic heterocycles. The van der Waals surface area contributed by atoms with Gasteiger partial charge in [-0.15, -0.1) is 0 Å². The standard InChI is InChI=1S/C18H22O4/c1-14(9-7-11-15(2)17(19)20-4)8-5-6-10-16(3)18-21-12-13-22-18/h5-13,18H,1-4H3. The molecule has 0 spiro atoms. The molecule has 22 heavy (non-hydrogen) atoms. The molecule has 1 rings (SSSR count). The molecule has 0 aromatic rings. The summed E-state index contributed by atoms with van der Waals surface area (Å²) in [5.74, 6) is -0.322. The molecule has 0 unspecified atom stereocenters. The third-order valence-electron chi connectivity index (χ3n) is 2.87. The zero-order chi connectivity index (χ0) is 16.4. The number of carbonyl (C=O) groups is 1. The van der Waals surface area contributed by atoms with Crippen molar-refractivity contribution in [1.29, 1.82) is 0 Å². The Kier molecular flexibility index (Phi) is 7.54. The molecule has 0 radical (unpaired) electrons. The molecule has 1 heterocycles. The van der Waals surface area contributed by atoms with Crippen molar-refractivity contribution >= 4 is 5.97 Å². The lowest BCUT2D eigenvalue weighted by Gasteiger charge is -2.09. The van der Waals surface area contributed by atoms with E-state index in [2.05, 4.69) is 4.74 Å². The van der Waals surface area contributed by atoms with E-state index < -0.39 is 0 Å². The van der Waals surface area contributed by atoms with E-state index in [4.69, 9.17) is 9.47 Å². The van der Waals surface area contributed by atoms with Crippen LogP contribution in [-0.2, 0) is 19.0 Å². The number of hydrogen-bond donors (Lipinski definition) is 0. The number of allylic oxidation sites excluding steroid dienone is 8. The van der Waals surface area contributed by atoms with Crippen LogP contribution < -0.4 is 0 Å². The lowest BCUT2D eigenvalue weighted by Crippen LogP contribution is -2.08. The summed E-state index contributed by atoms with van der Waals surface area (Å²) >= 11 is 0. The minimum Gasteiger partial charge on any atom is -0.466 e. The summed E-state index contributed by atoms with van der Waals surface area (Å²) < 4.78 is 15.1. The van der Waals surface area contributed by atoms with Crippen molar-refractivity contribution in [3.8, 4) is 0 Å². The van der Waals surface area contributed by atoms with Gasteiger partial charge in [0.15, 0.2) is 0 Å². The van der Waals surface area contributed by atoms with Crippen LogP contribution in [0.5, 0.6) is 0 Å². The third-order valence-corrected chi connectivity index (χ3v) is 2.87. The number of carbonyl (C=O) groups excluding carboxylic acids is 1. The molecule has 4 nitrogen and oxygen atoms in total. The fraction of sp³-hybridized carbons (Fsp3) is 0.278. The minimum atomic E-state index is -0.322. The van der Waals surface area contributed by atoms with Gasteiger partial charge in [0, 0.05) is 11.1 Å². The maximum atomic E-state index is 11.2. The average molecular weight is 302 g/mol. The molecule has 0 aromatic carbocycles. The summed E-state index contributed by atoms with van der Waals surface area (Å²) in [5.41, 5.74) is 2.61. The number of methoxy groups -OCH3 is 1. The number of rotatable bonds is 6. The summed E-state index contributed by atoms with van der Waals surface area (Å²) in [6, 6.07) is 0. The van der Waals surface area contributed by atoms with E-state index in [0.29, 0.717) is 5.57 Å². The van der Waals surface area contributed by atoms with Crippen molar-refractivity contribution in [2.45, 2.75) is 27.1 Å². The van der Waals surface area contributed by atoms with Crippen LogP contribution in [0, 0.1) is 0 Å². The van der Waals surface area contributed by atoms with Gasteiger partial charge in [-0.05, 0) is 20.8 Å². The van der Waals surface area contributed by atoms with E-state index in [9.17, 15) is 4.79 Å². The lowest BCUT2D eigenvalue weighted by molar-refractivity contribution is -0.136. The maximum absolute atomic E-state index is 11.2. The van der Waals surface area contributed by atoms with Crippen LogP contribution in [0.4, 0.5) is 0 Å². The molecule has 0 aliphatic carbocycles. The zero-order valence-electron chi connectivity index (χ0n) is 13.4. The molecule has 118 valence electrons. The first-order valence-corrected chi connectivity index (χ1v) is 6.95. The normalized spacial score (nSPS) is 17.2. The van der Waals surface area contributed by atoms with Crippen molar-refractivity contribution in [3.63, 3.8) is 0 Å². The Balaban J connectivity index is 2.49. The van der Waals surface area contributed by atoms with Crippen LogP contribution in [0.25, 0.3) is 0 Å². The van der Waals surface area contributed by atoms with Gasteiger partial charge >= 0.3 is 5.97 Å². The van der Waals surface area contributed by atoms with Crippen LogP contribution in [-0.4, -0.2) is 19.4 Å². The molecule has 0 N–H and O–H groups in total. The highest BCUT2D eigenvalue weighted by Crippen LogP contribution is 2.14. The first-order valence-electron chi connectivity index (χ1n) is 6.95. The number of esters is 1. The first-order chi connectivity index (χ1) is 10.5. The number of hydrogen-bond acceptors (Lipinski definition) is 4. The SMILES string of the molecule is COC(=O)C(C)=CC=CC(C)=CC=CC=C(C)C1OC=CO1. The summed E-state index contributed by atoms with van der Waals surface area (Å²) in [4.78, 5) is 11.2. The van der Waals surface area contributed by atoms with Crippen molar-refractivity contribution in [2.24, 2.45) is 0 Å². The first kappa shape index (κ1) is 17.6. The van der Waals surface area contributed by atoms with Gasteiger partial charge in [-0.25, -0.2) is 4.79 Å². The van der Waals surface area contributed by atoms with Crippen molar-refractivity contribution in [1.82, 2.24) is 0 Å². The van der Waals surface area contributed by atoms with Gasteiger partial charge in [0.1, 0.15) is 12.5 Å². The summed E-state index contributed by atoms with van der Waals surface area (Å²) in [5, 5.41) is 0. The van der Waals surface area contributed by atoms with Crippen LogP contribution in [0.15, 0.2) is 71.8 Å². The molecule has 0 saturated carbocycles. The van der Waals surface area contributed by atoms with E-state index in [1.54, 1.807) is 13.0 Å². The Morgan fingerprint density at radius 1 is 1.00 bits per heavy atom. The largest absolute Gasteiger partial charge is 0.466 e. The number of ether oxygens (including phenoxy) is 3. The lowest BCUT2D eigenvalue weighted by atomic mass is 10.2. The molecule has 1 aliphatic rings. The second-order valence-corrected chi connectivity index (χ2v) is 4.78. The summed E-state index contributed by atoms with van der Waals surface area (Å²) in [6.45, 7) is 5.63. The van der Waals surface area contributed by atoms with Gasteiger partial charge in [-0.3, -0.25) is 0 Å². The quantitative estimate of drug-likeness (QED) is 0.423. The van der Waals surface area contributed by atoms with Crippen LogP contribution in [0.3, 0.4) is 0 Å². The zero-order valence-corrected chi connectivity index (χ0v) is 13.4. The van der Waals surface area contributed by atoms with E-state index >= 15 is 0 Å². The predicted molar refractivity (Wildman–Crippen MR) is 86.7 cm³/mol. The Labute approximate surface area is 131 Å². The Morgan fingerprint density at radius 2 is 1.64 bits per heavy atom. The molecule has 0 bridgehead atoms. The third kappa shape index (κ3) is 6.31. The van der Waals surface area contributed by atoms with E-state index in [1.807, 2.05) is 50.3 Å². The fourth-order valence-corrected chi connectivity index (χ4v) is 1.58. The van der Waals surface area contributed by atoms with E-state index in [-0.39, 0.29) is 12.3 Å². The predicted octanol–water partition coefficient (Wildman–Crippen LogP) is 3.95. The van der Waals surface area contributed by atoms with Gasteiger partial charge in [0.25, 0.3) is 6.29 Å². The second-order valence-electron chi connectivity index (χ2n) is 4.78. The highest BCUT2D eigenvalue weighted by atomic mass is 16.7. The molecule has 0 atom stereocenters. The molecule has 0 saturated heterocycles. The monoisotopic (exact) mass is 302 g/mol. The average Bonchev–Trinajstić information content (AvgIpc) is 3.04. The van der Waals surface area contributed by atoms with Gasteiger partial charge in [-0.2, -0.15) is 0 Å². The van der Waals surface area contributed by atoms with Crippen molar-refractivity contribution < 1.29 is 19.0 Å². The maximum Gasteiger partial charge on any atom is 0.333 e. The highest BCUT2D eigenvalue weighted by Gasteiger charge is 2.12. The molecule has 0 amide bonds. The van der Waals surface area contributed by atoms with Crippen LogP contribution in [0.2, 0.25) is 0 Å². The van der Waals surface area contributed by atoms with Gasteiger partial charge < -0.3 is 14.2 Å². The van der Waals surface area contributed by atoms with Crippen molar-refractivity contribution in [3.05, 3.63) is 71.8 Å². The highest BCUT2D eigenvalue weighted by molar-refractivity contribution is 5.87. The van der Waals surface area contributed by atoms with Gasteiger partial charge in [0.05, 0.1) is 7.11 Å². The van der Waals surface area contributed by atoms with Gasteiger partial charge in [0.2, 0.25) is 0 Å². The molecule has 0 fully saturated rings. The van der Waals surface area contributed by atoms with Crippen LogP contribution in [0.1, 0.15) is 20.8 Å². The fourth-order valence-electron chi connectivity index (χ4n) is 1.58. The van der Waals surface area contributed by atoms with E-state index in [0.717, 1.165) is 11.1 Å². The topological polar surface area (TPSA) is 44.8 Å². The molecule has 1 aliphatic heterocycles. The smallest absolute Gasteiger partial charge is 0.333 e. The van der Waals surface area contributed by atoms with Crippen molar-refractivity contribution in [2.75, 3.05) is 7.11 Å². The summed E-state index contributed by atoms with van der Waals surface area (Å²) in [6.07, 6.45) is 16.0. The Morgan fingerprint density at radius 3 is 2.27 bits per heavy atom. The minimum absolute atomic E-state index is 0.318. The van der Waals surface area contributed by atoms with E-state index in [1.165, 1.54) is 19.6 Å². The Hall–Kier alpha value is -2.49.